The molecule has 5 nitrogen and oxygen atoms in total. The highest BCUT2D eigenvalue weighted by atomic mass is 19.4. The molecule has 0 saturated carbocycles. The number of hydrogen-bond acceptors (Lipinski definition) is 4. The van der Waals surface area contributed by atoms with Gasteiger partial charge in [-0.3, -0.25) is 4.79 Å². The largest absolute Gasteiger partial charge is 0.493 e. The zero-order valence-corrected chi connectivity index (χ0v) is 18.4. The Morgan fingerprint density at radius 1 is 1.03 bits per heavy atom. The topological polar surface area (TPSA) is 72.6 Å². The smallest absolute Gasteiger partial charge is 0.416 e. The molecule has 0 unspecified atom stereocenters. The second kappa shape index (κ2) is 9.59. The number of fused-ring (bicyclic) bond motifs is 1. The lowest BCUT2D eigenvalue weighted by Gasteiger charge is -2.10. The lowest BCUT2D eigenvalue weighted by Crippen LogP contribution is -2.04. The van der Waals surface area contributed by atoms with Crippen molar-refractivity contribution >= 4 is 17.1 Å². The van der Waals surface area contributed by atoms with Crippen LogP contribution in [-0.4, -0.2) is 22.7 Å². The molecule has 3 aromatic carbocycles. The average molecular weight is 469 g/mol. The maximum absolute atomic E-state index is 12.8. The predicted octanol–water partition coefficient (Wildman–Crippen LogP) is 6.46. The lowest BCUT2D eigenvalue weighted by atomic mass is 10.0. The summed E-state index contributed by atoms with van der Waals surface area (Å²) in [7, 11) is 0. The van der Waals surface area contributed by atoms with Gasteiger partial charge in [0, 0.05) is 18.4 Å². The first-order valence-corrected chi connectivity index (χ1v) is 10.7. The standard InChI is InChI=1S/C26H22F3NO4/c1-16-15-21(11-7-17(16)8-12-23(31)32)33-14-13-18-3-2-4-22-24(18)30-25(34-22)19-5-9-20(10-6-19)26(27,28)29/h2-7,9-11,15H,8,12-14H2,1H3,(H,31,32). The number of carboxylic acid groups (broad SMARTS) is 1. The number of carboxylic acids is 1. The van der Waals surface area contributed by atoms with Gasteiger partial charge in [0.2, 0.25) is 5.89 Å². The Morgan fingerprint density at radius 3 is 2.47 bits per heavy atom. The van der Waals surface area contributed by atoms with E-state index in [2.05, 4.69) is 4.98 Å². The van der Waals surface area contributed by atoms with Crippen molar-refractivity contribution in [2.75, 3.05) is 6.61 Å². The summed E-state index contributed by atoms with van der Waals surface area (Å²) in [6, 6.07) is 15.8. The monoisotopic (exact) mass is 469 g/mol. The zero-order valence-electron chi connectivity index (χ0n) is 18.4. The van der Waals surface area contributed by atoms with E-state index in [0.717, 1.165) is 28.8 Å². The number of rotatable bonds is 8. The van der Waals surface area contributed by atoms with Crippen LogP contribution in [0.25, 0.3) is 22.6 Å². The predicted molar refractivity (Wildman–Crippen MR) is 121 cm³/mol. The van der Waals surface area contributed by atoms with Crippen LogP contribution < -0.4 is 4.74 Å². The fourth-order valence-electron chi connectivity index (χ4n) is 3.69. The van der Waals surface area contributed by atoms with Gasteiger partial charge < -0.3 is 14.3 Å². The fraction of sp³-hybridized carbons (Fsp3) is 0.231. The number of oxazole rings is 1. The summed E-state index contributed by atoms with van der Waals surface area (Å²) < 4.78 is 50.1. The molecule has 0 spiro atoms. The molecule has 0 atom stereocenters. The summed E-state index contributed by atoms with van der Waals surface area (Å²) in [6.07, 6.45) is -3.30. The number of benzene rings is 3. The number of aryl methyl sites for hydroxylation is 2. The molecule has 0 bridgehead atoms. The first kappa shape index (κ1) is 23.4. The molecule has 1 N–H and O–H groups in total. The maximum Gasteiger partial charge on any atom is 0.416 e. The van der Waals surface area contributed by atoms with Crippen LogP contribution in [0.15, 0.2) is 65.1 Å². The molecule has 0 aliphatic rings. The number of aliphatic carboxylic acids is 1. The Bertz CT molecular complexity index is 1310. The van der Waals surface area contributed by atoms with Crippen molar-refractivity contribution in [1.82, 2.24) is 4.98 Å². The van der Waals surface area contributed by atoms with E-state index >= 15 is 0 Å². The summed E-state index contributed by atoms with van der Waals surface area (Å²) in [4.78, 5) is 15.3. The SMILES string of the molecule is Cc1cc(OCCc2cccc3oc(-c4ccc(C(F)(F)F)cc4)nc23)ccc1CCC(=O)O. The molecular weight excluding hydrogens is 447 g/mol. The number of ether oxygens (including phenoxy) is 1. The molecule has 1 heterocycles. The van der Waals surface area contributed by atoms with Gasteiger partial charge in [-0.25, -0.2) is 4.98 Å². The molecule has 0 amide bonds. The minimum Gasteiger partial charge on any atom is -0.493 e. The van der Waals surface area contributed by atoms with Crippen LogP contribution >= 0.6 is 0 Å². The Kier molecular flexibility index (Phi) is 6.58. The fourth-order valence-corrected chi connectivity index (χ4v) is 3.69. The van der Waals surface area contributed by atoms with Crippen LogP contribution in [0.4, 0.5) is 13.2 Å². The van der Waals surface area contributed by atoms with Gasteiger partial charge >= 0.3 is 12.1 Å². The normalized spacial score (nSPS) is 11.6. The summed E-state index contributed by atoms with van der Waals surface area (Å²) in [5.74, 6) is 0.113. The van der Waals surface area contributed by atoms with E-state index in [1.165, 1.54) is 12.1 Å². The first-order valence-electron chi connectivity index (χ1n) is 10.7. The summed E-state index contributed by atoms with van der Waals surface area (Å²) >= 11 is 0. The van der Waals surface area contributed by atoms with Crippen LogP contribution in [0.1, 0.15) is 28.7 Å². The Morgan fingerprint density at radius 2 is 1.79 bits per heavy atom. The maximum atomic E-state index is 12.8. The van der Waals surface area contributed by atoms with Gasteiger partial charge in [0.15, 0.2) is 5.58 Å². The van der Waals surface area contributed by atoms with Crippen molar-refractivity contribution < 1.29 is 32.2 Å². The van der Waals surface area contributed by atoms with Crippen molar-refractivity contribution in [3.63, 3.8) is 0 Å². The third-order valence-corrected chi connectivity index (χ3v) is 5.52. The van der Waals surface area contributed by atoms with Gasteiger partial charge in [0.1, 0.15) is 11.3 Å². The molecular formula is C26H22F3NO4. The van der Waals surface area contributed by atoms with Crippen LogP contribution in [0, 0.1) is 6.92 Å². The van der Waals surface area contributed by atoms with E-state index < -0.39 is 17.7 Å². The highest BCUT2D eigenvalue weighted by Gasteiger charge is 2.30. The minimum absolute atomic E-state index is 0.0806. The quantitative estimate of drug-likeness (QED) is 0.321. The molecule has 0 fully saturated rings. The molecule has 0 radical (unpaired) electrons. The Hall–Kier alpha value is -3.81. The van der Waals surface area contributed by atoms with Crippen molar-refractivity contribution in [3.8, 4) is 17.2 Å². The van der Waals surface area contributed by atoms with Crippen LogP contribution in [0.5, 0.6) is 5.75 Å². The van der Waals surface area contributed by atoms with E-state index in [-0.39, 0.29) is 12.3 Å². The number of nitrogens with zero attached hydrogens (tertiary/aromatic N) is 1. The Balaban J connectivity index is 1.44. The highest BCUT2D eigenvalue weighted by Crippen LogP contribution is 2.32. The van der Waals surface area contributed by atoms with Crippen molar-refractivity contribution in [2.45, 2.75) is 32.4 Å². The van der Waals surface area contributed by atoms with Gasteiger partial charge in [-0.05, 0) is 72.5 Å². The minimum atomic E-state index is -4.40. The molecule has 8 heteroatoms. The van der Waals surface area contributed by atoms with E-state index in [9.17, 15) is 18.0 Å². The zero-order chi connectivity index (χ0) is 24.3. The second-order valence-corrected chi connectivity index (χ2v) is 7.94. The van der Waals surface area contributed by atoms with E-state index in [1.807, 2.05) is 37.3 Å². The number of aromatic nitrogens is 1. The number of carbonyl (C=O) groups is 1. The Labute approximate surface area is 193 Å². The summed E-state index contributed by atoms with van der Waals surface area (Å²) in [5, 5.41) is 8.85. The molecule has 0 aliphatic carbocycles. The molecule has 176 valence electrons. The van der Waals surface area contributed by atoms with Crippen LogP contribution in [0.3, 0.4) is 0 Å². The van der Waals surface area contributed by atoms with Gasteiger partial charge in [-0.2, -0.15) is 13.2 Å². The first-order chi connectivity index (χ1) is 16.2. The molecule has 1 aromatic heterocycles. The van der Waals surface area contributed by atoms with Crippen molar-refractivity contribution in [3.05, 3.63) is 82.9 Å². The van der Waals surface area contributed by atoms with Crippen LogP contribution in [0.2, 0.25) is 0 Å². The van der Waals surface area contributed by atoms with E-state index in [4.69, 9.17) is 14.3 Å². The van der Waals surface area contributed by atoms with Gasteiger partial charge in [-0.15, -0.1) is 0 Å². The van der Waals surface area contributed by atoms with Crippen molar-refractivity contribution in [1.29, 1.82) is 0 Å². The summed E-state index contributed by atoms with van der Waals surface area (Å²) in [5.41, 5.74) is 3.76. The molecule has 0 aliphatic heterocycles. The van der Waals surface area contributed by atoms with Gasteiger partial charge in [0.05, 0.1) is 12.2 Å². The number of halogens is 3. The number of para-hydroxylation sites is 1. The van der Waals surface area contributed by atoms with E-state index in [0.29, 0.717) is 41.9 Å². The second-order valence-electron chi connectivity index (χ2n) is 7.94. The number of alkyl halides is 3. The van der Waals surface area contributed by atoms with Gasteiger partial charge in [-0.1, -0.05) is 18.2 Å². The van der Waals surface area contributed by atoms with Crippen LogP contribution in [-0.2, 0) is 23.8 Å². The highest BCUT2D eigenvalue weighted by molar-refractivity contribution is 5.79. The van der Waals surface area contributed by atoms with Crippen molar-refractivity contribution in [2.24, 2.45) is 0 Å². The number of hydrogen-bond donors (Lipinski definition) is 1. The third kappa shape index (κ3) is 5.39. The molecule has 4 aromatic rings. The van der Waals surface area contributed by atoms with Gasteiger partial charge in [0.25, 0.3) is 0 Å². The lowest BCUT2D eigenvalue weighted by molar-refractivity contribution is -0.138. The average Bonchev–Trinajstić information content (AvgIpc) is 3.23. The summed E-state index contributed by atoms with van der Waals surface area (Å²) in [6.45, 7) is 2.30. The molecule has 4 rings (SSSR count). The molecule has 34 heavy (non-hydrogen) atoms. The molecule has 0 saturated heterocycles. The van der Waals surface area contributed by atoms with E-state index in [1.54, 1.807) is 6.07 Å². The third-order valence-electron chi connectivity index (χ3n) is 5.52.